The summed E-state index contributed by atoms with van der Waals surface area (Å²) in [6, 6.07) is 33.2. The third-order valence-corrected chi connectivity index (χ3v) is 24.8. The molecule has 0 fully saturated rings. The first-order chi connectivity index (χ1) is 36.8. The van der Waals surface area contributed by atoms with Gasteiger partial charge < -0.3 is 42.9 Å². The van der Waals surface area contributed by atoms with Gasteiger partial charge in [0, 0.05) is 64.0 Å². The fourth-order valence-corrected chi connectivity index (χ4v) is 22.4. The van der Waals surface area contributed by atoms with E-state index in [0.29, 0.717) is 104 Å². The molecule has 0 saturated carbocycles. The molecule has 1 atom stereocenters. The predicted octanol–water partition coefficient (Wildman–Crippen LogP) is 5.61. The molecule has 0 radical (unpaired) electrons. The van der Waals surface area contributed by atoms with Crippen molar-refractivity contribution in [2.24, 2.45) is 30.0 Å². The molecular weight excluding hydrogens is 1020 g/mol. The van der Waals surface area contributed by atoms with Gasteiger partial charge in [-0.15, -0.1) is 0 Å². The monoisotopic (exact) mass is 1080 g/mol. The zero-order valence-electron chi connectivity index (χ0n) is 43.1. The molecule has 2 aromatic heterocycles. The molecule has 394 valence electrons. The van der Waals surface area contributed by atoms with E-state index in [0.717, 1.165) is 43.8 Å². The van der Waals surface area contributed by atoms with Crippen LogP contribution < -0.4 is 21.6 Å². The first-order valence-corrected chi connectivity index (χ1v) is 33.3. The molecule has 4 aliphatic heterocycles. The minimum atomic E-state index is -4.55. The summed E-state index contributed by atoms with van der Waals surface area (Å²) in [6.45, 7) is 9.82. The van der Waals surface area contributed by atoms with Crippen molar-refractivity contribution in [1.82, 2.24) is 19.1 Å². The largest absolute Gasteiger partial charge is 0.582 e. The minimum Gasteiger partial charge on any atom is -0.480 e. The van der Waals surface area contributed by atoms with Crippen LogP contribution >= 0.6 is 0 Å². The number of nitrogens with one attached hydrogen (secondary N) is 2. The number of aliphatic carboxylic acids is 1. The average Bonchev–Trinajstić information content (AvgIpc) is 4.15. The summed E-state index contributed by atoms with van der Waals surface area (Å²) < 4.78 is 41.9. The smallest absolute Gasteiger partial charge is 0.480 e. The van der Waals surface area contributed by atoms with Crippen LogP contribution in [0.15, 0.2) is 127 Å². The van der Waals surface area contributed by atoms with Crippen LogP contribution in [0.5, 0.6) is 0 Å². The number of methoxy groups -OCH3 is 1. The lowest BCUT2D eigenvalue weighted by Crippen LogP contribution is -2.70. The number of carboxylic acid groups (broad SMARTS) is 1. The molecule has 3 N–H and O–H groups in total. The van der Waals surface area contributed by atoms with Crippen LogP contribution in [0.1, 0.15) is 35.1 Å². The molecule has 4 aromatic carbocycles. The Labute approximate surface area is 441 Å². The molecule has 10 rings (SSSR count). The molecule has 76 heavy (non-hydrogen) atoms. The van der Waals surface area contributed by atoms with Crippen molar-refractivity contribution in [1.29, 1.82) is 0 Å². The van der Waals surface area contributed by atoms with E-state index in [9.17, 15) is 14.4 Å². The van der Waals surface area contributed by atoms with Crippen molar-refractivity contribution < 1.29 is 46.7 Å². The number of aromatic nitrogens is 2. The van der Waals surface area contributed by atoms with E-state index in [4.69, 9.17) is 62.2 Å². The quantitative estimate of drug-likeness (QED) is 0.0501. The van der Waals surface area contributed by atoms with Crippen LogP contribution in [-0.4, -0.2) is 147 Å². The molecule has 20 nitrogen and oxygen atoms in total. The summed E-state index contributed by atoms with van der Waals surface area (Å²) >= 11 is 0. The normalized spacial score (nSPS) is 18.4. The summed E-state index contributed by atoms with van der Waals surface area (Å²) in [4.78, 5) is 69.6. The second kappa shape index (κ2) is 22.3. The number of fused-ring (bicyclic) bond motifs is 14. The highest BCUT2D eigenvalue weighted by molar-refractivity contribution is 6.88. The lowest BCUT2D eigenvalue weighted by molar-refractivity contribution is -0.143. The van der Waals surface area contributed by atoms with E-state index in [2.05, 4.69) is 45.3 Å². The Morgan fingerprint density at radius 3 is 1.38 bits per heavy atom. The Hall–Kier alpha value is -6.94. The fraction of sp³-hybridized carbons (Fsp3) is 0.340. The number of hydrogen-bond donors (Lipinski definition) is 3. The van der Waals surface area contributed by atoms with Gasteiger partial charge in [0.05, 0.1) is 26.4 Å². The van der Waals surface area contributed by atoms with Crippen molar-refractivity contribution in [3.63, 3.8) is 0 Å². The summed E-state index contributed by atoms with van der Waals surface area (Å²) in [5, 5.41) is 18.1. The van der Waals surface area contributed by atoms with Crippen molar-refractivity contribution >= 4 is 99.8 Å². The van der Waals surface area contributed by atoms with Crippen LogP contribution in [0.2, 0.25) is 38.3 Å². The molecule has 6 aromatic rings. The number of hydrogen-bond acceptors (Lipinski definition) is 15. The fourth-order valence-electron chi connectivity index (χ4n) is 9.80. The molecule has 0 saturated heterocycles. The van der Waals surface area contributed by atoms with Crippen LogP contribution in [0.3, 0.4) is 0 Å². The highest BCUT2D eigenvalue weighted by atomic mass is 28.5. The average molecular weight is 1080 g/mol. The number of amidine groups is 4. The van der Waals surface area contributed by atoms with Gasteiger partial charge >= 0.3 is 14.9 Å². The molecule has 1 unspecified atom stereocenters. The molecule has 6 bridgehead atoms. The standard InChI is InChI=1S/C53H60N10O10Si3/c1-68-26-27-69-28-29-70-32-43(64)54-24-14-30-74(2,3)72-76(73-75(4,5)31-15-25-55-44(65)33-71-34-45(66)67)62-50-39-20-10-11-21-40(39)52(62)60-48-37-18-8-9-19-38(37)49(57-48)61-53-42-23-13-12-22-41(42)51(63(53)76)59-47-36-17-7-6-16-35(36)46(56-47)58-50/h6-13,16-23H,14-15,24-34H2,1-5H3,(H,54,64)(H,55,65)(H,66,67)/b58-46-,58-50?,59-47?,59-51-,60-48-,60-52?,61-49?,61-53-. The maximum atomic E-state index is 13.0. The Balaban J connectivity index is 1.17. The Morgan fingerprint density at radius 2 is 0.921 bits per heavy atom. The molecule has 0 aliphatic carbocycles. The lowest BCUT2D eigenvalue weighted by Gasteiger charge is -2.43. The molecule has 23 heteroatoms. The maximum absolute atomic E-state index is 13.0. The number of ether oxygens (including phenoxy) is 4. The van der Waals surface area contributed by atoms with Gasteiger partial charge in [0.1, 0.15) is 42.4 Å². The van der Waals surface area contributed by atoms with Gasteiger partial charge in [0.15, 0.2) is 40.0 Å². The number of amides is 2. The summed E-state index contributed by atoms with van der Waals surface area (Å²) in [5.74, 6) is 1.16. The summed E-state index contributed by atoms with van der Waals surface area (Å²) in [6.07, 6.45) is 1.11. The Kier molecular flexibility index (Phi) is 15.4. The van der Waals surface area contributed by atoms with Crippen molar-refractivity contribution in [3.05, 3.63) is 130 Å². The number of benzene rings is 4. The topological polar surface area (TPSA) is 235 Å². The molecule has 2 amide bonds. The van der Waals surface area contributed by atoms with Crippen LogP contribution in [0.4, 0.5) is 11.6 Å². The molecular formula is C53H60N10O10Si3. The first-order valence-electron chi connectivity index (χ1n) is 25.4. The van der Waals surface area contributed by atoms with E-state index in [1.54, 1.807) is 7.11 Å². The van der Waals surface area contributed by atoms with Gasteiger partial charge in [-0.1, -0.05) is 97.1 Å². The Bertz CT molecular complexity index is 3350. The van der Waals surface area contributed by atoms with Gasteiger partial charge in [0.25, 0.3) is 0 Å². The van der Waals surface area contributed by atoms with Crippen LogP contribution in [0.25, 0.3) is 21.5 Å². The van der Waals surface area contributed by atoms with E-state index in [1.165, 1.54) is 0 Å². The number of aliphatic imine (C=N–C) groups is 4. The lowest BCUT2D eigenvalue weighted by atomic mass is 10.1. The van der Waals surface area contributed by atoms with Crippen molar-refractivity contribution in [2.75, 3.05) is 66.4 Å². The predicted molar refractivity (Wildman–Crippen MR) is 295 cm³/mol. The molecule has 0 spiro atoms. The summed E-state index contributed by atoms with van der Waals surface area (Å²) in [7, 11) is -9.03. The second-order valence-corrected chi connectivity index (χ2v) is 31.5. The van der Waals surface area contributed by atoms with Crippen LogP contribution in [0, 0.1) is 0 Å². The SMILES string of the molecule is COCCOCCOCC(=O)NCCC[Si](C)(C)O[Si]1(O[Si](C)(C)CCCNC(=O)COCC(=O)O)n2c3c4ccccc4c2/N=C2N=C(/N=c4/c5ccccc5/c(n41)=N/C1=NC(=N\3)/c3ccccc31)c1ccccc1\2. The second-order valence-electron chi connectivity index (χ2n) is 19.8. The van der Waals surface area contributed by atoms with Crippen molar-refractivity contribution in [2.45, 2.75) is 51.1 Å². The molecule has 6 heterocycles. The van der Waals surface area contributed by atoms with Gasteiger partial charge in [-0.25, -0.2) is 34.7 Å². The first kappa shape index (κ1) is 52.5. The zero-order valence-corrected chi connectivity index (χ0v) is 46.1. The zero-order chi connectivity index (χ0) is 53.0. The van der Waals surface area contributed by atoms with E-state index in [1.807, 2.05) is 97.1 Å². The minimum absolute atomic E-state index is 0.0987. The number of carboxylic acids is 1. The van der Waals surface area contributed by atoms with E-state index < -0.39 is 44.0 Å². The van der Waals surface area contributed by atoms with Gasteiger partial charge in [-0.2, -0.15) is 0 Å². The van der Waals surface area contributed by atoms with Gasteiger partial charge in [-0.3, -0.25) is 18.1 Å². The van der Waals surface area contributed by atoms with Crippen molar-refractivity contribution in [3.8, 4) is 0 Å². The number of rotatable bonds is 24. The third-order valence-electron chi connectivity index (χ3n) is 13.2. The third kappa shape index (κ3) is 10.9. The number of nitrogens with zero attached hydrogens (tertiary/aromatic N) is 8. The Morgan fingerprint density at radius 1 is 0.513 bits per heavy atom. The van der Waals surface area contributed by atoms with Gasteiger partial charge in [-0.05, 0) is 51.1 Å². The highest BCUT2D eigenvalue weighted by Crippen LogP contribution is 2.45. The number of carbonyl (C=O) groups excluding carboxylic acids is 2. The van der Waals surface area contributed by atoms with Crippen LogP contribution in [-0.2, 0) is 41.6 Å². The molecule has 4 aliphatic rings. The maximum Gasteiger partial charge on any atom is 0.582 e. The highest BCUT2D eigenvalue weighted by Gasteiger charge is 2.58. The summed E-state index contributed by atoms with van der Waals surface area (Å²) in [5.41, 5.74) is 4.34. The van der Waals surface area contributed by atoms with Gasteiger partial charge in [0.2, 0.25) is 11.8 Å². The van der Waals surface area contributed by atoms with E-state index >= 15 is 0 Å². The van der Waals surface area contributed by atoms with E-state index in [-0.39, 0.29) is 25.7 Å². The number of carbonyl (C=O) groups is 3.